The number of anilines is 1. The lowest BCUT2D eigenvalue weighted by molar-refractivity contribution is 0.140. The van der Waals surface area contributed by atoms with Gasteiger partial charge in [0.15, 0.2) is 5.82 Å². The minimum Gasteiger partial charge on any atom is -0.322 e. The molecule has 9 heteroatoms. The Labute approximate surface area is 167 Å². The Hall–Kier alpha value is -3.33. The van der Waals surface area contributed by atoms with Crippen LogP contribution in [-0.4, -0.2) is 62.2 Å². The summed E-state index contributed by atoms with van der Waals surface area (Å²) in [4.78, 5) is 16.5. The molecule has 8 nitrogen and oxygen atoms in total. The number of hydrogen-bond donors (Lipinski definition) is 1. The average molecular weight is 395 g/mol. The minimum absolute atomic E-state index is 0.0879. The number of rotatable bonds is 4. The van der Waals surface area contributed by atoms with Crippen molar-refractivity contribution < 1.29 is 9.18 Å². The summed E-state index contributed by atoms with van der Waals surface area (Å²) >= 11 is 0. The highest BCUT2D eigenvalue weighted by Gasteiger charge is 2.23. The van der Waals surface area contributed by atoms with Crippen molar-refractivity contribution in [3.05, 3.63) is 65.7 Å². The number of amides is 2. The van der Waals surface area contributed by atoms with Crippen molar-refractivity contribution in [1.82, 2.24) is 30.0 Å². The molecule has 1 aliphatic heterocycles. The van der Waals surface area contributed by atoms with Crippen LogP contribution in [0.2, 0.25) is 0 Å². The van der Waals surface area contributed by atoms with Gasteiger partial charge in [0.2, 0.25) is 0 Å². The number of para-hydroxylation sites is 1. The summed E-state index contributed by atoms with van der Waals surface area (Å²) in [7, 11) is 0. The van der Waals surface area contributed by atoms with E-state index in [0.717, 1.165) is 24.3 Å². The molecule has 0 atom stereocenters. The first-order valence-corrected chi connectivity index (χ1v) is 9.47. The number of nitrogens with one attached hydrogen (secondary N) is 1. The predicted molar refractivity (Wildman–Crippen MR) is 106 cm³/mol. The highest BCUT2D eigenvalue weighted by molar-refractivity contribution is 5.90. The number of carbonyl (C=O) groups is 1. The monoisotopic (exact) mass is 395 g/mol. The molecule has 150 valence electrons. The highest BCUT2D eigenvalue weighted by Crippen LogP contribution is 2.15. The molecular weight excluding hydrogens is 373 g/mol. The van der Waals surface area contributed by atoms with Gasteiger partial charge in [0, 0.05) is 31.9 Å². The number of piperazine rings is 1. The molecular formula is C20H22FN7O. The number of aromatic nitrogens is 4. The summed E-state index contributed by atoms with van der Waals surface area (Å²) in [6, 6.07) is 13.7. The minimum atomic E-state index is -0.302. The first-order chi connectivity index (χ1) is 14.1. The van der Waals surface area contributed by atoms with E-state index >= 15 is 0 Å². The van der Waals surface area contributed by atoms with E-state index in [4.69, 9.17) is 0 Å². The Morgan fingerprint density at radius 1 is 1.07 bits per heavy atom. The lowest BCUT2D eigenvalue weighted by Crippen LogP contribution is -2.49. The van der Waals surface area contributed by atoms with E-state index < -0.39 is 0 Å². The molecule has 1 aromatic heterocycles. The van der Waals surface area contributed by atoms with E-state index in [1.807, 2.05) is 36.1 Å². The van der Waals surface area contributed by atoms with E-state index in [9.17, 15) is 9.18 Å². The quantitative estimate of drug-likeness (QED) is 0.734. The number of tetrazole rings is 1. The van der Waals surface area contributed by atoms with Crippen molar-refractivity contribution in [3.63, 3.8) is 0 Å². The third kappa shape index (κ3) is 4.40. The second-order valence-electron chi connectivity index (χ2n) is 6.99. The smallest absolute Gasteiger partial charge is 0.321 e. The van der Waals surface area contributed by atoms with Crippen LogP contribution < -0.4 is 5.32 Å². The van der Waals surface area contributed by atoms with Crippen LogP contribution in [0.25, 0.3) is 5.69 Å². The maximum Gasteiger partial charge on any atom is 0.321 e. The van der Waals surface area contributed by atoms with Gasteiger partial charge in [-0.05, 0) is 53.2 Å². The van der Waals surface area contributed by atoms with Gasteiger partial charge in [0.1, 0.15) is 5.82 Å². The Morgan fingerprint density at radius 2 is 1.79 bits per heavy atom. The van der Waals surface area contributed by atoms with Gasteiger partial charge < -0.3 is 10.2 Å². The molecule has 1 fully saturated rings. The second-order valence-corrected chi connectivity index (χ2v) is 6.99. The Bertz CT molecular complexity index is 981. The third-order valence-electron chi connectivity index (χ3n) is 5.02. The van der Waals surface area contributed by atoms with Crippen molar-refractivity contribution >= 4 is 11.7 Å². The SMILES string of the molecule is Cc1ccccc1NC(=O)N1CCN(Cc2nnnn2-c2ccc(F)cc2)CC1. The van der Waals surface area contributed by atoms with Crippen molar-refractivity contribution in [3.8, 4) is 5.69 Å². The number of urea groups is 1. The van der Waals surface area contributed by atoms with E-state index in [1.165, 1.54) is 12.1 Å². The van der Waals surface area contributed by atoms with E-state index in [0.29, 0.717) is 31.1 Å². The van der Waals surface area contributed by atoms with Gasteiger partial charge in [-0.2, -0.15) is 4.68 Å². The number of nitrogens with zero attached hydrogens (tertiary/aromatic N) is 6. The summed E-state index contributed by atoms with van der Waals surface area (Å²) in [6.07, 6.45) is 0. The molecule has 4 rings (SSSR count). The molecule has 0 aliphatic carbocycles. The fraction of sp³-hybridized carbons (Fsp3) is 0.300. The molecule has 0 unspecified atom stereocenters. The number of carbonyl (C=O) groups excluding carboxylic acids is 1. The largest absolute Gasteiger partial charge is 0.322 e. The van der Waals surface area contributed by atoms with E-state index in [2.05, 4.69) is 25.7 Å². The Kier molecular flexibility index (Phi) is 5.48. The van der Waals surface area contributed by atoms with Crippen LogP contribution in [0.4, 0.5) is 14.9 Å². The molecule has 0 bridgehead atoms. The van der Waals surface area contributed by atoms with E-state index in [1.54, 1.807) is 16.8 Å². The number of benzene rings is 2. The fourth-order valence-corrected chi connectivity index (χ4v) is 3.30. The molecule has 2 aromatic carbocycles. The molecule has 0 radical (unpaired) electrons. The molecule has 2 amide bonds. The normalized spacial score (nSPS) is 14.8. The number of halogens is 1. The van der Waals surface area contributed by atoms with Crippen molar-refractivity contribution in [2.75, 3.05) is 31.5 Å². The summed E-state index contributed by atoms with van der Waals surface area (Å²) in [5.41, 5.74) is 2.58. The van der Waals surface area contributed by atoms with Crippen LogP contribution in [-0.2, 0) is 6.54 Å². The van der Waals surface area contributed by atoms with Crippen molar-refractivity contribution in [1.29, 1.82) is 0 Å². The highest BCUT2D eigenvalue weighted by atomic mass is 19.1. The van der Waals surface area contributed by atoms with Crippen LogP contribution >= 0.6 is 0 Å². The van der Waals surface area contributed by atoms with E-state index in [-0.39, 0.29) is 11.8 Å². The topological polar surface area (TPSA) is 79.2 Å². The molecule has 1 saturated heterocycles. The first kappa shape index (κ1) is 19.0. The molecule has 1 N–H and O–H groups in total. The zero-order valence-corrected chi connectivity index (χ0v) is 16.1. The standard InChI is InChI=1S/C20H22FN7O/c1-15-4-2-3-5-18(15)22-20(29)27-12-10-26(11-13-27)14-19-23-24-25-28(19)17-8-6-16(21)7-9-17/h2-9H,10-14H2,1H3,(H,22,29). The average Bonchev–Trinajstić information content (AvgIpc) is 3.19. The molecule has 0 spiro atoms. The van der Waals surface area contributed by atoms with Crippen LogP contribution in [0.1, 0.15) is 11.4 Å². The summed E-state index contributed by atoms with van der Waals surface area (Å²) in [5, 5.41) is 14.8. The molecule has 3 aromatic rings. The number of hydrogen-bond acceptors (Lipinski definition) is 5. The van der Waals surface area contributed by atoms with Crippen LogP contribution in [0.15, 0.2) is 48.5 Å². The lowest BCUT2D eigenvalue weighted by Gasteiger charge is -2.34. The molecule has 0 saturated carbocycles. The Balaban J connectivity index is 1.34. The van der Waals surface area contributed by atoms with Crippen molar-refractivity contribution in [2.45, 2.75) is 13.5 Å². The summed E-state index contributed by atoms with van der Waals surface area (Å²) < 4.78 is 14.8. The third-order valence-corrected chi connectivity index (χ3v) is 5.02. The molecule has 2 heterocycles. The predicted octanol–water partition coefficient (Wildman–Crippen LogP) is 2.46. The maximum atomic E-state index is 13.2. The van der Waals surface area contributed by atoms with Crippen molar-refractivity contribution in [2.24, 2.45) is 0 Å². The van der Waals surface area contributed by atoms with Crippen LogP contribution in [0.5, 0.6) is 0 Å². The first-order valence-electron chi connectivity index (χ1n) is 9.47. The van der Waals surface area contributed by atoms with Gasteiger partial charge in [-0.25, -0.2) is 9.18 Å². The van der Waals surface area contributed by atoms with Gasteiger partial charge >= 0.3 is 6.03 Å². The van der Waals surface area contributed by atoms with Gasteiger partial charge in [0.05, 0.1) is 12.2 Å². The van der Waals surface area contributed by atoms with Gasteiger partial charge in [-0.15, -0.1) is 5.10 Å². The summed E-state index contributed by atoms with van der Waals surface area (Å²) in [6.45, 7) is 5.21. The number of aryl methyl sites for hydroxylation is 1. The second kappa shape index (κ2) is 8.36. The Morgan fingerprint density at radius 3 is 2.52 bits per heavy atom. The van der Waals surface area contributed by atoms with Gasteiger partial charge in [0.25, 0.3) is 0 Å². The zero-order valence-electron chi connectivity index (χ0n) is 16.1. The lowest BCUT2D eigenvalue weighted by atomic mass is 10.2. The molecule has 29 heavy (non-hydrogen) atoms. The fourth-order valence-electron chi connectivity index (χ4n) is 3.30. The zero-order chi connectivity index (χ0) is 20.2. The maximum absolute atomic E-state index is 13.2. The van der Waals surface area contributed by atoms with Gasteiger partial charge in [-0.1, -0.05) is 18.2 Å². The van der Waals surface area contributed by atoms with Gasteiger partial charge in [-0.3, -0.25) is 4.90 Å². The molecule has 1 aliphatic rings. The summed E-state index contributed by atoms with van der Waals surface area (Å²) in [5.74, 6) is 0.373. The van der Waals surface area contributed by atoms with Crippen LogP contribution in [0, 0.1) is 12.7 Å². The van der Waals surface area contributed by atoms with Crippen LogP contribution in [0.3, 0.4) is 0 Å².